The molecule has 0 bridgehead atoms. The first kappa shape index (κ1) is 12.8. The Kier molecular flexibility index (Phi) is 4.61. The largest absolute Gasteiger partial charge is 0.493 e. The van der Waals surface area contributed by atoms with Gasteiger partial charge in [-0.3, -0.25) is 0 Å². The molecule has 0 N–H and O–H groups in total. The fraction of sp³-hybridized carbons (Fsp3) is 0.364. The third kappa shape index (κ3) is 3.13. The van der Waals surface area contributed by atoms with E-state index < -0.39 is 5.97 Å². The van der Waals surface area contributed by atoms with E-state index in [1.807, 2.05) is 6.92 Å². The number of benzene rings is 1. The van der Waals surface area contributed by atoms with Crippen molar-refractivity contribution in [2.45, 2.75) is 6.92 Å². The lowest BCUT2D eigenvalue weighted by Crippen LogP contribution is -2.13. The van der Waals surface area contributed by atoms with E-state index >= 15 is 0 Å². The number of carbonyl (C=O) groups is 1. The lowest BCUT2D eigenvalue weighted by atomic mass is 10.2. The van der Waals surface area contributed by atoms with Gasteiger partial charge in [0.25, 0.3) is 0 Å². The number of hydrogen-bond donors (Lipinski definition) is 0. The molecular formula is C11H13BrO4. The molecule has 0 spiro atoms. The van der Waals surface area contributed by atoms with Gasteiger partial charge in [0.05, 0.1) is 14.2 Å². The van der Waals surface area contributed by atoms with Gasteiger partial charge in [0.1, 0.15) is 0 Å². The topological polar surface area (TPSA) is 44.8 Å². The normalized spacial score (nSPS) is 9.75. The Morgan fingerprint density at radius 2 is 2.00 bits per heavy atom. The highest BCUT2D eigenvalue weighted by Gasteiger charge is 2.10. The molecule has 5 heteroatoms. The summed E-state index contributed by atoms with van der Waals surface area (Å²) in [5, 5.41) is 0. The fourth-order valence-corrected chi connectivity index (χ4v) is 1.43. The number of rotatable bonds is 4. The lowest BCUT2D eigenvalue weighted by Gasteiger charge is -2.11. The van der Waals surface area contributed by atoms with E-state index in [1.54, 1.807) is 19.2 Å². The van der Waals surface area contributed by atoms with Crippen LogP contribution in [0.1, 0.15) is 5.56 Å². The first-order valence-electron chi connectivity index (χ1n) is 4.62. The van der Waals surface area contributed by atoms with E-state index in [-0.39, 0.29) is 6.61 Å². The molecule has 0 aliphatic heterocycles. The molecule has 0 saturated carbocycles. The third-order valence-corrected chi connectivity index (χ3v) is 2.87. The highest BCUT2D eigenvalue weighted by atomic mass is 79.9. The summed E-state index contributed by atoms with van der Waals surface area (Å²) in [6, 6.07) is 3.59. The van der Waals surface area contributed by atoms with Crippen LogP contribution < -0.4 is 9.47 Å². The predicted molar refractivity (Wildman–Crippen MR) is 62.9 cm³/mol. The summed E-state index contributed by atoms with van der Waals surface area (Å²) in [4.78, 5) is 10.9. The van der Waals surface area contributed by atoms with E-state index in [1.165, 1.54) is 7.11 Å². The van der Waals surface area contributed by atoms with Crippen molar-refractivity contribution in [3.05, 3.63) is 22.2 Å². The molecule has 0 atom stereocenters. The quantitative estimate of drug-likeness (QED) is 0.798. The van der Waals surface area contributed by atoms with Crippen LogP contribution >= 0.6 is 15.9 Å². The zero-order valence-corrected chi connectivity index (χ0v) is 11.0. The van der Waals surface area contributed by atoms with Gasteiger partial charge in [-0.1, -0.05) is 15.9 Å². The zero-order chi connectivity index (χ0) is 12.1. The molecule has 4 nitrogen and oxygen atoms in total. The monoisotopic (exact) mass is 288 g/mol. The Morgan fingerprint density at radius 3 is 2.56 bits per heavy atom. The predicted octanol–water partition coefficient (Wildman–Crippen LogP) is 2.32. The summed E-state index contributed by atoms with van der Waals surface area (Å²) < 4.78 is 15.8. The van der Waals surface area contributed by atoms with Crippen molar-refractivity contribution in [2.75, 3.05) is 20.8 Å². The van der Waals surface area contributed by atoms with Gasteiger partial charge in [0.2, 0.25) is 0 Å². The van der Waals surface area contributed by atoms with Gasteiger partial charge in [-0.25, -0.2) is 4.79 Å². The summed E-state index contributed by atoms with van der Waals surface area (Å²) in [5.41, 5.74) is 1.00. The van der Waals surface area contributed by atoms with Crippen LogP contribution in [0.15, 0.2) is 16.6 Å². The Labute approximate surface area is 103 Å². The number of aryl methyl sites for hydroxylation is 1. The van der Waals surface area contributed by atoms with Crippen molar-refractivity contribution in [2.24, 2.45) is 0 Å². The number of carbonyl (C=O) groups excluding carboxylic acids is 1. The van der Waals surface area contributed by atoms with Crippen molar-refractivity contribution in [1.82, 2.24) is 0 Å². The standard InChI is InChI=1S/C11H13BrO4/c1-7-4-10(16-6-11(13)15-3)9(14-2)5-8(7)12/h4-5H,6H2,1-3H3. The molecule has 1 aromatic rings. The molecule has 0 fully saturated rings. The van der Waals surface area contributed by atoms with Gasteiger partial charge in [0, 0.05) is 4.47 Å². The second-order valence-electron chi connectivity index (χ2n) is 3.12. The minimum absolute atomic E-state index is 0.131. The fourth-order valence-electron chi connectivity index (χ4n) is 1.10. The second kappa shape index (κ2) is 5.75. The van der Waals surface area contributed by atoms with Crippen molar-refractivity contribution in [3.8, 4) is 11.5 Å². The average molecular weight is 289 g/mol. The summed E-state index contributed by atoms with van der Waals surface area (Å²) in [7, 11) is 2.86. The van der Waals surface area contributed by atoms with Crippen LogP contribution in [-0.4, -0.2) is 26.8 Å². The van der Waals surface area contributed by atoms with E-state index in [4.69, 9.17) is 9.47 Å². The van der Waals surface area contributed by atoms with Crippen LogP contribution in [-0.2, 0) is 9.53 Å². The van der Waals surface area contributed by atoms with Crippen molar-refractivity contribution in [3.63, 3.8) is 0 Å². The van der Waals surface area contributed by atoms with Crippen LogP contribution in [0.2, 0.25) is 0 Å². The maximum atomic E-state index is 10.9. The number of esters is 1. The van der Waals surface area contributed by atoms with E-state index in [2.05, 4.69) is 20.7 Å². The van der Waals surface area contributed by atoms with Crippen LogP contribution in [0, 0.1) is 6.92 Å². The van der Waals surface area contributed by atoms with Crippen LogP contribution in [0.25, 0.3) is 0 Å². The highest BCUT2D eigenvalue weighted by Crippen LogP contribution is 2.32. The highest BCUT2D eigenvalue weighted by molar-refractivity contribution is 9.10. The van der Waals surface area contributed by atoms with E-state index in [0.29, 0.717) is 11.5 Å². The lowest BCUT2D eigenvalue weighted by molar-refractivity contribution is -0.142. The molecule has 88 valence electrons. The van der Waals surface area contributed by atoms with Crippen LogP contribution in [0.3, 0.4) is 0 Å². The maximum absolute atomic E-state index is 10.9. The molecule has 0 aliphatic carbocycles. The SMILES string of the molecule is COC(=O)COc1cc(C)c(Br)cc1OC. The second-order valence-corrected chi connectivity index (χ2v) is 3.97. The molecule has 1 rings (SSSR count). The van der Waals surface area contributed by atoms with Crippen LogP contribution in [0.5, 0.6) is 11.5 Å². The first-order valence-corrected chi connectivity index (χ1v) is 5.41. The Balaban J connectivity index is 2.86. The molecule has 1 aromatic carbocycles. The van der Waals surface area contributed by atoms with Crippen LogP contribution in [0.4, 0.5) is 0 Å². The molecule has 0 amide bonds. The minimum atomic E-state index is -0.428. The Morgan fingerprint density at radius 1 is 1.31 bits per heavy atom. The molecule has 0 aliphatic rings. The van der Waals surface area contributed by atoms with Gasteiger partial charge in [-0.05, 0) is 24.6 Å². The Bertz CT molecular complexity index is 390. The molecule has 0 saturated heterocycles. The van der Waals surface area contributed by atoms with E-state index in [0.717, 1.165) is 10.0 Å². The molecular weight excluding hydrogens is 276 g/mol. The smallest absolute Gasteiger partial charge is 0.343 e. The summed E-state index contributed by atoms with van der Waals surface area (Å²) in [6.07, 6.45) is 0. The van der Waals surface area contributed by atoms with Crippen molar-refractivity contribution >= 4 is 21.9 Å². The van der Waals surface area contributed by atoms with Crippen molar-refractivity contribution < 1.29 is 19.0 Å². The number of ether oxygens (including phenoxy) is 3. The first-order chi connectivity index (χ1) is 7.58. The zero-order valence-electron chi connectivity index (χ0n) is 9.37. The molecule has 0 heterocycles. The maximum Gasteiger partial charge on any atom is 0.343 e. The van der Waals surface area contributed by atoms with Crippen molar-refractivity contribution in [1.29, 1.82) is 0 Å². The molecule has 16 heavy (non-hydrogen) atoms. The average Bonchev–Trinajstić information content (AvgIpc) is 2.29. The number of hydrogen-bond acceptors (Lipinski definition) is 4. The van der Waals surface area contributed by atoms with E-state index in [9.17, 15) is 4.79 Å². The Hall–Kier alpha value is -1.23. The summed E-state index contributed by atoms with van der Waals surface area (Å²) in [5.74, 6) is 0.664. The number of methoxy groups -OCH3 is 2. The number of halogens is 1. The van der Waals surface area contributed by atoms with Gasteiger partial charge in [0.15, 0.2) is 18.1 Å². The molecule has 0 aromatic heterocycles. The van der Waals surface area contributed by atoms with Gasteiger partial charge in [-0.15, -0.1) is 0 Å². The minimum Gasteiger partial charge on any atom is -0.493 e. The third-order valence-electron chi connectivity index (χ3n) is 2.02. The molecule has 0 radical (unpaired) electrons. The molecule has 0 unspecified atom stereocenters. The van der Waals surface area contributed by atoms with Gasteiger partial charge in [-0.2, -0.15) is 0 Å². The van der Waals surface area contributed by atoms with Gasteiger partial charge >= 0.3 is 5.97 Å². The van der Waals surface area contributed by atoms with Gasteiger partial charge < -0.3 is 14.2 Å². The summed E-state index contributed by atoms with van der Waals surface area (Å²) >= 11 is 3.39. The summed E-state index contributed by atoms with van der Waals surface area (Å²) in [6.45, 7) is 1.79.